The van der Waals surface area contributed by atoms with E-state index in [4.69, 9.17) is 38.5 Å². The Morgan fingerprint density at radius 3 is 0.923 bits per heavy atom. The Balaban J connectivity index is -0.0000000178. The van der Waals surface area contributed by atoms with Crippen LogP contribution in [0.25, 0.3) is 0 Å². The van der Waals surface area contributed by atoms with Crippen molar-refractivity contribution in [3.63, 3.8) is 0 Å². The Bertz CT molecular complexity index is 135. The second-order valence-corrected chi connectivity index (χ2v) is 2.88. The van der Waals surface area contributed by atoms with Crippen molar-refractivity contribution >= 4 is 45.2 Å². The van der Waals surface area contributed by atoms with Gasteiger partial charge in [-0.1, -0.05) is 0 Å². The van der Waals surface area contributed by atoms with E-state index in [0.717, 1.165) is 0 Å². The summed E-state index contributed by atoms with van der Waals surface area (Å²) in [5.74, 6) is 0. The normalized spacial score (nSPS) is 9.08. The zero-order valence-electron chi connectivity index (χ0n) is 7.28. The molecule has 66 valence electrons. The van der Waals surface area contributed by atoms with E-state index < -0.39 is 15.6 Å². The van der Waals surface area contributed by atoms with Crippen molar-refractivity contribution < 1.29 is 99.0 Å². The molecule has 0 fully saturated rings. The molecule has 0 unspecified atom stereocenters. The van der Waals surface area contributed by atoms with Gasteiger partial charge in [0.2, 0.25) is 0 Å². The van der Waals surface area contributed by atoms with E-state index in [-0.39, 0.29) is 90.1 Å². The van der Waals surface area contributed by atoms with Crippen molar-refractivity contribution in [3.8, 4) is 0 Å². The molecule has 0 saturated carbocycles. The molecular formula is H5Na3O8P2. The van der Waals surface area contributed by atoms with Gasteiger partial charge in [-0.2, -0.15) is 7.82 Å². The van der Waals surface area contributed by atoms with Crippen LogP contribution in [0.2, 0.25) is 0 Å². The number of hydrogen-bond acceptors (Lipinski definition) is 5. The van der Waals surface area contributed by atoms with Crippen molar-refractivity contribution in [2.45, 2.75) is 0 Å². The molecule has 0 aliphatic carbocycles. The van der Waals surface area contributed by atoms with E-state index in [9.17, 15) is 0 Å². The Labute approximate surface area is 142 Å². The average Bonchev–Trinajstić information content (AvgIpc) is 1.12. The summed E-state index contributed by atoms with van der Waals surface area (Å²) in [5.41, 5.74) is 0. The molecule has 0 amide bonds. The molecular weight excluding hydrogens is 259 g/mol. The fourth-order valence-electron chi connectivity index (χ4n) is 0. The van der Waals surface area contributed by atoms with E-state index in [1.54, 1.807) is 0 Å². The second kappa shape index (κ2) is 13.3. The predicted octanol–water partition coefficient (Wildman–Crippen LogP) is -10.3. The van der Waals surface area contributed by atoms with Gasteiger partial charge < -0.3 is 33.9 Å². The maximum atomic E-state index is 8.88. The Kier molecular flexibility index (Phi) is 30.5. The molecule has 0 heterocycles. The summed E-state index contributed by atoms with van der Waals surface area (Å²) < 4.78 is 17.4. The van der Waals surface area contributed by atoms with Crippen molar-refractivity contribution in [2.75, 3.05) is 0 Å². The molecule has 3 N–H and O–H groups in total. The van der Waals surface area contributed by atoms with Crippen LogP contribution in [0.5, 0.6) is 0 Å². The van der Waals surface area contributed by atoms with E-state index >= 15 is 0 Å². The SMILES string of the molecule is O=P(O)(O)O.O=P([O-])([O-])[O-].[H+].[Na+].[Na+].[NaH]. The third-order valence-corrected chi connectivity index (χ3v) is 0. The fourth-order valence-corrected chi connectivity index (χ4v) is 0. The van der Waals surface area contributed by atoms with Crippen LogP contribution >= 0.6 is 15.6 Å². The first-order chi connectivity index (χ1) is 4.00. The van der Waals surface area contributed by atoms with Gasteiger partial charge in [-0.3, -0.25) is 0 Å². The molecule has 0 aliphatic rings. The summed E-state index contributed by atoms with van der Waals surface area (Å²) in [6.07, 6.45) is 0. The van der Waals surface area contributed by atoms with Crippen LogP contribution in [-0.4, -0.2) is 44.2 Å². The first-order valence-corrected chi connectivity index (χ1v) is 4.54. The minimum atomic E-state index is -5.39. The van der Waals surface area contributed by atoms with Crippen LogP contribution in [0.1, 0.15) is 1.43 Å². The van der Waals surface area contributed by atoms with Gasteiger partial charge in [0.05, 0.1) is 0 Å². The summed E-state index contributed by atoms with van der Waals surface area (Å²) in [6, 6.07) is 0. The van der Waals surface area contributed by atoms with Gasteiger partial charge >= 0.3 is 97.9 Å². The second-order valence-electron chi connectivity index (χ2n) is 0.960. The molecule has 8 nitrogen and oxygen atoms in total. The van der Waals surface area contributed by atoms with Gasteiger partial charge in [0.25, 0.3) is 0 Å². The summed E-state index contributed by atoms with van der Waals surface area (Å²) in [7, 11) is -10.0. The monoisotopic (exact) mass is 264 g/mol. The summed E-state index contributed by atoms with van der Waals surface area (Å²) in [6.45, 7) is 0. The third kappa shape index (κ3) is 257. The summed E-state index contributed by atoms with van der Waals surface area (Å²) in [4.78, 5) is 47.2. The Morgan fingerprint density at radius 1 is 0.923 bits per heavy atom. The van der Waals surface area contributed by atoms with Gasteiger partial charge in [0, 0.05) is 0 Å². The molecule has 0 spiro atoms. The zero-order valence-corrected chi connectivity index (χ0v) is 12.1. The van der Waals surface area contributed by atoms with Crippen LogP contribution < -0.4 is 73.8 Å². The van der Waals surface area contributed by atoms with E-state index in [2.05, 4.69) is 0 Å². The average molecular weight is 264 g/mol. The van der Waals surface area contributed by atoms with Gasteiger partial charge in [-0.05, 0) is 0 Å². The molecule has 0 saturated heterocycles. The quantitative estimate of drug-likeness (QED) is 0.286. The fraction of sp³-hybridized carbons (Fsp3) is 0. The molecule has 0 aromatic heterocycles. The Morgan fingerprint density at radius 2 is 0.923 bits per heavy atom. The van der Waals surface area contributed by atoms with E-state index in [0.29, 0.717) is 0 Å². The molecule has 0 rings (SSSR count). The number of rotatable bonds is 0. The van der Waals surface area contributed by atoms with Crippen molar-refractivity contribution in [2.24, 2.45) is 0 Å². The number of hydrogen-bond donors (Lipinski definition) is 3. The van der Waals surface area contributed by atoms with Gasteiger partial charge in [0.1, 0.15) is 0 Å². The van der Waals surface area contributed by atoms with Crippen LogP contribution in [-0.2, 0) is 9.13 Å². The molecule has 0 aliphatic heterocycles. The van der Waals surface area contributed by atoms with Crippen LogP contribution in [0.3, 0.4) is 0 Å². The molecule has 13 heteroatoms. The summed E-state index contributed by atoms with van der Waals surface area (Å²) in [5, 5.41) is 0. The molecule has 0 aromatic rings. The van der Waals surface area contributed by atoms with Crippen LogP contribution in [0, 0.1) is 0 Å². The zero-order chi connectivity index (χ0) is 9.00. The van der Waals surface area contributed by atoms with Gasteiger partial charge in [0.15, 0.2) is 0 Å². The van der Waals surface area contributed by atoms with Crippen LogP contribution in [0.4, 0.5) is 0 Å². The molecule has 0 radical (unpaired) electrons. The predicted molar refractivity (Wildman–Crippen MR) is 30.1 cm³/mol. The van der Waals surface area contributed by atoms with Gasteiger partial charge in [-0.15, -0.1) is 0 Å². The molecule has 0 atom stereocenters. The standard InChI is InChI=1S/3Na.2H3O4P.H/c;;;2*1-5(2,3)4;/h;;;2*(H3,1,2,3,4);/q;2*+1;;;/p-2. The van der Waals surface area contributed by atoms with Crippen molar-refractivity contribution in [1.29, 1.82) is 0 Å². The molecule has 0 aromatic carbocycles. The molecule has 13 heavy (non-hydrogen) atoms. The van der Waals surface area contributed by atoms with E-state index in [1.165, 1.54) is 0 Å². The maximum absolute atomic E-state index is 8.88. The third-order valence-electron chi connectivity index (χ3n) is 0. The summed E-state index contributed by atoms with van der Waals surface area (Å²) >= 11 is 0. The Hall–Kier alpha value is 3.22. The van der Waals surface area contributed by atoms with Gasteiger partial charge in [-0.25, -0.2) is 4.57 Å². The van der Waals surface area contributed by atoms with Crippen molar-refractivity contribution in [1.82, 2.24) is 0 Å². The minimum absolute atomic E-state index is 0. The van der Waals surface area contributed by atoms with Crippen molar-refractivity contribution in [3.05, 3.63) is 0 Å². The van der Waals surface area contributed by atoms with Crippen LogP contribution in [0.15, 0.2) is 0 Å². The first-order valence-electron chi connectivity index (χ1n) is 1.51. The number of phosphoric acid groups is 2. The van der Waals surface area contributed by atoms with E-state index in [1.807, 2.05) is 0 Å². The first kappa shape index (κ1) is 29.8. The molecule has 0 bridgehead atoms. The topological polar surface area (TPSA) is 164 Å².